The summed E-state index contributed by atoms with van der Waals surface area (Å²) in [7, 11) is 1.43. The normalized spacial score (nSPS) is 29.5. The molecule has 0 fully saturated rings. The van der Waals surface area contributed by atoms with Crippen molar-refractivity contribution in [1.29, 1.82) is 0 Å². The molecule has 5 rings (SSSR count). The second-order valence-corrected chi connectivity index (χ2v) is 15.4. The lowest BCUT2D eigenvalue weighted by Gasteiger charge is -2.38. The quantitative estimate of drug-likeness (QED) is 0.0431. The SMILES string of the molecule is CCCCCO/N=C/c1c2c(O)c3c(O)c(C)c4c(c3c1O)C(=O)C(C)(O/C=C/C(OC)C(C)C(OC(C)=O)C(C)C(O)C(C)C(O)C(C)/C=C/C=C(C)C(=O)N2)O4. The molecule has 318 valence electrons. The molecule has 15 nitrogen and oxygen atoms in total. The Kier molecular flexibility index (Phi) is 15.0. The van der Waals surface area contributed by atoms with Gasteiger partial charge < -0.3 is 54.6 Å². The first-order valence-electron chi connectivity index (χ1n) is 19.6. The number of phenols is 3. The lowest BCUT2D eigenvalue weighted by molar-refractivity contribution is -0.160. The third kappa shape index (κ3) is 9.27. The van der Waals surface area contributed by atoms with Crippen molar-refractivity contribution in [2.75, 3.05) is 19.0 Å². The van der Waals surface area contributed by atoms with Gasteiger partial charge in [0.25, 0.3) is 11.7 Å². The number of ketones is 1. The van der Waals surface area contributed by atoms with Gasteiger partial charge in [-0.2, -0.15) is 0 Å². The molecular weight excluding hydrogens is 752 g/mol. The van der Waals surface area contributed by atoms with Crippen LogP contribution in [-0.4, -0.2) is 93.3 Å². The Morgan fingerprint density at radius 1 is 0.966 bits per heavy atom. The van der Waals surface area contributed by atoms with Gasteiger partial charge in [-0.25, -0.2) is 0 Å². The molecule has 0 aliphatic carbocycles. The van der Waals surface area contributed by atoms with Gasteiger partial charge in [-0.1, -0.05) is 70.8 Å². The number of hydrogen-bond acceptors (Lipinski definition) is 14. The molecule has 9 atom stereocenters. The molecule has 9 unspecified atom stereocenters. The van der Waals surface area contributed by atoms with Crippen LogP contribution in [0, 0.1) is 30.6 Å². The summed E-state index contributed by atoms with van der Waals surface area (Å²) >= 11 is 0. The van der Waals surface area contributed by atoms with E-state index in [0.29, 0.717) is 6.42 Å². The number of nitrogens with one attached hydrogen (secondary N) is 1. The van der Waals surface area contributed by atoms with Gasteiger partial charge in [0.2, 0.25) is 0 Å². The Balaban J connectivity index is 1.95. The number of aliphatic hydroxyl groups excluding tert-OH is 2. The minimum atomic E-state index is -2.05. The molecule has 2 aromatic rings. The van der Waals surface area contributed by atoms with Crippen LogP contribution in [0.15, 0.2) is 41.3 Å². The van der Waals surface area contributed by atoms with Crippen LogP contribution >= 0.6 is 0 Å². The number of carbonyl (C=O) groups excluding carboxylic acids is 3. The number of aliphatic hydroxyl groups is 2. The van der Waals surface area contributed by atoms with Crippen LogP contribution in [0.25, 0.3) is 10.8 Å². The molecule has 0 saturated heterocycles. The average molecular weight is 811 g/mol. The topological polar surface area (TPSA) is 223 Å². The van der Waals surface area contributed by atoms with Crippen LogP contribution in [0.5, 0.6) is 23.0 Å². The van der Waals surface area contributed by atoms with Crippen LogP contribution < -0.4 is 10.1 Å². The summed E-state index contributed by atoms with van der Waals surface area (Å²) in [5, 5.41) is 64.0. The van der Waals surface area contributed by atoms with E-state index < -0.39 is 88.8 Å². The summed E-state index contributed by atoms with van der Waals surface area (Å²) in [5.74, 6) is -8.57. The number of carbonyl (C=O) groups is 3. The highest BCUT2D eigenvalue weighted by molar-refractivity contribution is 6.23. The molecule has 2 aromatic carbocycles. The first kappa shape index (κ1) is 45.6. The number of hydrogen-bond donors (Lipinski definition) is 6. The number of esters is 1. The van der Waals surface area contributed by atoms with Crippen LogP contribution in [0.4, 0.5) is 5.69 Å². The van der Waals surface area contributed by atoms with E-state index in [1.165, 1.54) is 53.2 Å². The number of benzene rings is 2. The van der Waals surface area contributed by atoms with Crippen LogP contribution in [0.3, 0.4) is 0 Å². The maximum atomic E-state index is 14.3. The van der Waals surface area contributed by atoms with Gasteiger partial charge in [0.15, 0.2) is 5.75 Å². The zero-order valence-corrected chi connectivity index (χ0v) is 34.9. The molecule has 0 aromatic heterocycles. The van der Waals surface area contributed by atoms with Gasteiger partial charge in [0.05, 0.1) is 53.0 Å². The van der Waals surface area contributed by atoms with Crippen molar-refractivity contribution < 1.29 is 63.7 Å². The summed E-state index contributed by atoms with van der Waals surface area (Å²) in [4.78, 5) is 45.7. The number of anilines is 1. The summed E-state index contributed by atoms with van der Waals surface area (Å²) < 4.78 is 23.5. The number of amides is 1. The van der Waals surface area contributed by atoms with E-state index in [4.69, 9.17) is 23.8 Å². The van der Waals surface area contributed by atoms with Crippen LogP contribution in [-0.2, 0) is 28.6 Å². The van der Waals surface area contributed by atoms with Crippen molar-refractivity contribution in [2.24, 2.45) is 28.8 Å². The molecular formula is C43H58N2O13. The van der Waals surface area contributed by atoms with Crippen molar-refractivity contribution in [3.05, 3.63) is 52.8 Å². The summed E-state index contributed by atoms with van der Waals surface area (Å²) in [6, 6.07) is 0. The van der Waals surface area contributed by atoms with Gasteiger partial charge in [-0.15, -0.1) is 0 Å². The van der Waals surface area contributed by atoms with E-state index in [0.717, 1.165) is 19.1 Å². The van der Waals surface area contributed by atoms with Crippen molar-refractivity contribution in [2.45, 2.75) is 112 Å². The number of phenolic OH excluding ortho intramolecular Hbond substituents is 3. The van der Waals surface area contributed by atoms with Gasteiger partial charge >= 0.3 is 11.8 Å². The van der Waals surface area contributed by atoms with Crippen molar-refractivity contribution in [1.82, 2.24) is 0 Å². The number of nitrogens with zero attached hydrogens (tertiary/aromatic N) is 1. The Bertz CT molecular complexity index is 1990. The molecule has 58 heavy (non-hydrogen) atoms. The van der Waals surface area contributed by atoms with E-state index in [-0.39, 0.29) is 51.1 Å². The molecule has 3 aliphatic heterocycles. The maximum absolute atomic E-state index is 14.3. The number of ether oxygens (including phenoxy) is 4. The van der Waals surface area contributed by atoms with Crippen LogP contribution in [0.2, 0.25) is 0 Å². The number of allylic oxidation sites excluding steroid dienone is 2. The first-order valence-corrected chi connectivity index (χ1v) is 19.6. The third-order valence-electron chi connectivity index (χ3n) is 11.1. The molecule has 0 radical (unpaired) electrons. The highest BCUT2D eigenvalue weighted by Gasteiger charge is 2.50. The molecule has 5 bridgehead atoms. The predicted octanol–water partition coefficient (Wildman–Crippen LogP) is 6.29. The highest BCUT2D eigenvalue weighted by atomic mass is 16.7. The monoisotopic (exact) mass is 810 g/mol. The fraction of sp³-hybridized carbons (Fsp3) is 0.535. The maximum Gasteiger partial charge on any atom is 0.312 e. The summed E-state index contributed by atoms with van der Waals surface area (Å²) in [6.07, 6.45) is 7.10. The fourth-order valence-corrected chi connectivity index (χ4v) is 7.43. The molecule has 6 N–H and O–H groups in total. The highest BCUT2D eigenvalue weighted by Crippen LogP contribution is 2.55. The number of rotatable bonds is 8. The Morgan fingerprint density at radius 3 is 2.29 bits per heavy atom. The molecule has 3 aliphatic rings. The average Bonchev–Trinajstić information content (AvgIpc) is 3.45. The zero-order valence-electron chi connectivity index (χ0n) is 34.9. The Morgan fingerprint density at radius 2 is 1.66 bits per heavy atom. The summed E-state index contributed by atoms with van der Waals surface area (Å²) in [6.45, 7) is 14.7. The second kappa shape index (κ2) is 19.1. The Labute approximate surface area is 338 Å². The minimum absolute atomic E-state index is 0.0391. The molecule has 3 heterocycles. The van der Waals surface area contributed by atoms with Crippen LogP contribution in [0.1, 0.15) is 96.1 Å². The second-order valence-electron chi connectivity index (χ2n) is 15.4. The number of Topliss-reactive ketones (excluding diaryl/α,β-unsaturated/α-hetero) is 1. The minimum Gasteiger partial charge on any atom is -0.507 e. The van der Waals surface area contributed by atoms with Gasteiger partial charge in [0.1, 0.15) is 30.0 Å². The smallest absolute Gasteiger partial charge is 0.312 e. The van der Waals surface area contributed by atoms with Crippen molar-refractivity contribution in [3.8, 4) is 23.0 Å². The number of fused-ring (bicyclic) bond motifs is 14. The zero-order chi connectivity index (χ0) is 43.2. The molecule has 1 amide bonds. The Hall–Kier alpha value is -5.12. The largest absolute Gasteiger partial charge is 0.507 e. The van der Waals surface area contributed by atoms with Crippen molar-refractivity contribution >= 4 is 40.3 Å². The number of aromatic hydroxyl groups is 3. The lowest BCUT2D eigenvalue weighted by atomic mass is 9.78. The standard InChI is InChI=1S/C43H58N2O13/c1-11-12-13-18-56-44-20-28-33-38(51)31-30(37(28)50)32-40(26(7)36(31)49)58-43(9,41(32)52)55-19-17-29(54-10)23(4)39(57-27(8)46)25(6)35(48)24(5)34(47)21(2)15-14-16-22(3)42(53)45-33/h14-17,19-21,23-25,29,34-35,39,47-51H,11-13,18H2,1-10H3,(H,45,53)/b15-14+,19-17+,22-16?,44-20+. The predicted molar refractivity (Wildman–Crippen MR) is 217 cm³/mol. The van der Waals surface area contributed by atoms with E-state index in [1.54, 1.807) is 39.8 Å². The number of methoxy groups -OCH3 is 1. The summed E-state index contributed by atoms with van der Waals surface area (Å²) in [5.41, 5.74) is -0.565. The van der Waals surface area contributed by atoms with E-state index in [9.17, 15) is 39.9 Å². The molecule has 0 spiro atoms. The lowest BCUT2D eigenvalue weighted by Crippen LogP contribution is -2.46. The first-order chi connectivity index (χ1) is 27.3. The van der Waals surface area contributed by atoms with Crippen molar-refractivity contribution in [3.63, 3.8) is 0 Å². The van der Waals surface area contributed by atoms with E-state index >= 15 is 0 Å². The number of unbranched alkanes of at least 4 members (excludes halogenated alkanes) is 2. The molecule has 15 heteroatoms. The fourth-order valence-electron chi connectivity index (χ4n) is 7.43. The van der Waals surface area contributed by atoms with Gasteiger partial charge in [0, 0.05) is 61.2 Å². The van der Waals surface area contributed by atoms with E-state index in [2.05, 4.69) is 10.5 Å². The van der Waals surface area contributed by atoms with Gasteiger partial charge in [-0.3, -0.25) is 14.4 Å². The number of oxime groups is 1. The molecule has 0 saturated carbocycles. The third-order valence-corrected chi connectivity index (χ3v) is 11.1. The van der Waals surface area contributed by atoms with Gasteiger partial charge in [-0.05, 0) is 26.3 Å². The van der Waals surface area contributed by atoms with E-state index in [1.807, 2.05) is 6.92 Å².